The summed E-state index contributed by atoms with van der Waals surface area (Å²) in [6.07, 6.45) is 3.89. The van der Waals surface area contributed by atoms with Gasteiger partial charge in [0.25, 0.3) is 5.91 Å². The molecule has 6 heteroatoms. The lowest BCUT2D eigenvalue weighted by molar-refractivity contribution is 0.0950. The van der Waals surface area contributed by atoms with Gasteiger partial charge in [0.15, 0.2) is 0 Å². The number of rotatable bonds is 5. The number of nitrogens with zero attached hydrogens (tertiary/aromatic N) is 1. The Morgan fingerprint density at radius 3 is 2.25 bits per heavy atom. The lowest BCUT2D eigenvalue weighted by Gasteiger charge is -2.21. The SMILES string of the molecule is Cc1ccc(CNC(=O)c2ccc(C)c(S(=O)(=O)N3CCCCCC3)c2)cc1. The Morgan fingerprint density at radius 2 is 1.61 bits per heavy atom. The molecule has 0 aliphatic carbocycles. The molecule has 0 unspecified atom stereocenters. The summed E-state index contributed by atoms with van der Waals surface area (Å²) in [4.78, 5) is 12.8. The predicted octanol–water partition coefficient (Wildman–Crippen LogP) is 3.80. The minimum Gasteiger partial charge on any atom is -0.348 e. The van der Waals surface area contributed by atoms with Gasteiger partial charge in [-0.2, -0.15) is 4.31 Å². The molecule has 2 aromatic carbocycles. The summed E-state index contributed by atoms with van der Waals surface area (Å²) in [5.41, 5.74) is 3.20. The van der Waals surface area contributed by atoms with Crippen molar-refractivity contribution in [1.82, 2.24) is 9.62 Å². The first-order chi connectivity index (χ1) is 13.4. The summed E-state index contributed by atoms with van der Waals surface area (Å²) in [5.74, 6) is -0.270. The molecule has 0 bridgehead atoms. The molecule has 0 saturated carbocycles. The maximum Gasteiger partial charge on any atom is 0.251 e. The van der Waals surface area contributed by atoms with Crippen LogP contribution in [0.4, 0.5) is 0 Å². The zero-order valence-corrected chi connectivity index (χ0v) is 17.4. The summed E-state index contributed by atoms with van der Waals surface area (Å²) in [5, 5.41) is 2.88. The fourth-order valence-corrected chi connectivity index (χ4v) is 5.20. The number of carbonyl (C=O) groups excluding carboxylic acids is 1. The number of hydrogen-bond donors (Lipinski definition) is 1. The van der Waals surface area contributed by atoms with Crippen molar-refractivity contribution in [3.8, 4) is 0 Å². The summed E-state index contributed by atoms with van der Waals surface area (Å²) in [6.45, 7) is 5.29. The molecule has 1 amide bonds. The first-order valence-electron chi connectivity index (χ1n) is 9.82. The smallest absolute Gasteiger partial charge is 0.251 e. The van der Waals surface area contributed by atoms with Gasteiger partial charge in [0, 0.05) is 25.2 Å². The van der Waals surface area contributed by atoms with E-state index in [1.807, 2.05) is 31.2 Å². The Kier molecular flexibility index (Phi) is 6.52. The van der Waals surface area contributed by atoms with Gasteiger partial charge in [-0.05, 0) is 49.9 Å². The third-order valence-electron chi connectivity index (χ3n) is 5.21. The van der Waals surface area contributed by atoms with Crippen molar-refractivity contribution >= 4 is 15.9 Å². The van der Waals surface area contributed by atoms with Gasteiger partial charge in [0.05, 0.1) is 4.90 Å². The van der Waals surface area contributed by atoms with E-state index < -0.39 is 10.0 Å². The lowest BCUT2D eigenvalue weighted by atomic mass is 10.1. The van der Waals surface area contributed by atoms with Gasteiger partial charge in [-0.3, -0.25) is 4.79 Å². The summed E-state index contributed by atoms with van der Waals surface area (Å²) >= 11 is 0. The number of benzene rings is 2. The highest BCUT2D eigenvalue weighted by atomic mass is 32.2. The van der Waals surface area contributed by atoms with Crippen molar-refractivity contribution in [3.05, 3.63) is 64.7 Å². The van der Waals surface area contributed by atoms with Crippen LogP contribution in [0.3, 0.4) is 0 Å². The first-order valence-corrected chi connectivity index (χ1v) is 11.3. The summed E-state index contributed by atoms with van der Waals surface area (Å²) < 4.78 is 27.8. The molecule has 1 aliphatic rings. The lowest BCUT2D eigenvalue weighted by Crippen LogP contribution is -2.32. The molecule has 3 rings (SSSR count). The van der Waals surface area contributed by atoms with E-state index in [1.165, 1.54) is 6.07 Å². The van der Waals surface area contributed by atoms with E-state index in [0.29, 0.717) is 30.8 Å². The number of aryl methyl sites for hydroxylation is 2. The van der Waals surface area contributed by atoms with Crippen LogP contribution in [-0.2, 0) is 16.6 Å². The van der Waals surface area contributed by atoms with Crippen LogP contribution in [0.5, 0.6) is 0 Å². The minimum absolute atomic E-state index is 0.234. The van der Waals surface area contributed by atoms with Gasteiger partial charge in [-0.1, -0.05) is 48.7 Å². The third kappa shape index (κ3) is 4.80. The maximum absolute atomic E-state index is 13.1. The van der Waals surface area contributed by atoms with Crippen molar-refractivity contribution in [2.75, 3.05) is 13.1 Å². The highest BCUT2D eigenvalue weighted by Gasteiger charge is 2.27. The van der Waals surface area contributed by atoms with E-state index in [-0.39, 0.29) is 10.8 Å². The summed E-state index contributed by atoms with van der Waals surface area (Å²) in [6, 6.07) is 12.9. The standard InChI is InChI=1S/C22H28N2O3S/c1-17-7-10-19(11-8-17)16-23-22(25)20-12-9-18(2)21(15-20)28(26,27)24-13-5-3-4-6-14-24/h7-12,15H,3-6,13-14,16H2,1-2H3,(H,23,25). The van der Waals surface area contributed by atoms with Crippen LogP contribution in [0.1, 0.15) is 52.7 Å². The molecule has 0 atom stereocenters. The molecular weight excluding hydrogens is 372 g/mol. The number of sulfonamides is 1. The van der Waals surface area contributed by atoms with Crippen molar-refractivity contribution in [2.24, 2.45) is 0 Å². The van der Waals surface area contributed by atoms with Crippen LogP contribution in [-0.4, -0.2) is 31.7 Å². The van der Waals surface area contributed by atoms with Crippen molar-refractivity contribution in [2.45, 2.75) is 51.0 Å². The molecule has 0 spiro atoms. The van der Waals surface area contributed by atoms with Crippen molar-refractivity contribution in [3.63, 3.8) is 0 Å². The van der Waals surface area contributed by atoms with Gasteiger partial charge in [-0.15, -0.1) is 0 Å². The normalized spacial score (nSPS) is 15.8. The van der Waals surface area contributed by atoms with E-state index in [4.69, 9.17) is 0 Å². The monoisotopic (exact) mass is 400 g/mol. The summed E-state index contributed by atoms with van der Waals surface area (Å²) in [7, 11) is -3.59. The topological polar surface area (TPSA) is 66.5 Å². The highest BCUT2D eigenvalue weighted by molar-refractivity contribution is 7.89. The molecule has 150 valence electrons. The molecule has 1 fully saturated rings. The van der Waals surface area contributed by atoms with Crippen LogP contribution in [0.15, 0.2) is 47.4 Å². The predicted molar refractivity (Wildman–Crippen MR) is 111 cm³/mol. The van der Waals surface area contributed by atoms with E-state index in [9.17, 15) is 13.2 Å². The molecule has 1 heterocycles. The number of carbonyl (C=O) groups is 1. The number of hydrogen-bond acceptors (Lipinski definition) is 3. The van der Waals surface area contributed by atoms with E-state index in [1.54, 1.807) is 23.4 Å². The minimum atomic E-state index is -3.59. The fraction of sp³-hybridized carbons (Fsp3) is 0.409. The molecule has 1 saturated heterocycles. The van der Waals surface area contributed by atoms with Gasteiger partial charge < -0.3 is 5.32 Å². The Bertz CT molecular complexity index is 929. The van der Waals surface area contributed by atoms with E-state index in [0.717, 1.165) is 36.8 Å². The Morgan fingerprint density at radius 1 is 0.964 bits per heavy atom. The Labute approximate surface area is 167 Å². The van der Waals surface area contributed by atoms with E-state index in [2.05, 4.69) is 5.32 Å². The molecule has 1 N–H and O–H groups in total. The molecule has 28 heavy (non-hydrogen) atoms. The average molecular weight is 401 g/mol. The van der Waals surface area contributed by atoms with E-state index >= 15 is 0 Å². The third-order valence-corrected chi connectivity index (χ3v) is 7.25. The first kappa shape index (κ1) is 20.6. The second-order valence-corrected chi connectivity index (χ2v) is 9.37. The van der Waals surface area contributed by atoms with Crippen LogP contribution in [0.2, 0.25) is 0 Å². The Balaban J connectivity index is 1.78. The zero-order chi connectivity index (χ0) is 20.1. The van der Waals surface area contributed by atoms with Crippen molar-refractivity contribution < 1.29 is 13.2 Å². The van der Waals surface area contributed by atoms with Crippen molar-refractivity contribution in [1.29, 1.82) is 0 Å². The average Bonchev–Trinajstić information content (AvgIpc) is 2.97. The van der Waals surface area contributed by atoms with Crippen LogP contribution in [0.25, 0.3) is 0 Å². The largest absolute Gasteiger partial charge is 0.348 e. The molecule has 5 nitrogen and oxygen atoms in total. The molecule has 2 aromatic rings. The molecular formula is C22H28N2O3S. The van der Waals surface area contributed by atoms with Gasteiger partial charge in [-0.25, -0.2) is 8.42 Å². The fourth-order valence-electron chi connectivity index (χ4n) is 3.43. The van der Waals surface area contributed by atoms with Gasteiger partial charge in [0.2, 0.25) is 10.0 Å². The van der Waals surface area contributed by atoms with Crippen LogP contribution in [0, 0.1) is 13.8 Å². The molecule has 1 aliphatic heterocycles. The van der Waals surface area contributed by atoms with Gasteiger partial charge >= 0.3 is 0 Å². The quantitative estimate of drug-likeness (QED) is 0.830. The second kappa shape index (κ2) is 8.88. The highest BCUT2D eigenvalue weighted by Crippen LogP contribution is 2.24. The van der Waals surface area contributed by atoms with Gasteiger partial charge in [0.1, 0.15) is 0 Å². The van der Waals surface area contributed by atoms with Crippen LogP contribution >= 0.6 is 0 Å². The Hall–Kier alpha value is -2.18. The number of amides is 1. The molecule has 0 aromatic heterocycles. The zero-order valence-electron chi connectivity index (χ0n) is 16.6. The number of nitrogens with one attached hydrogen (secondary N) is 1. The maximum atomic E-state index is 13.1. The molecule has 0 radical (unpaired) electrons. The second-order valence-electron chi connectivity index (χ2n) is 7.47. The van der Waals surface area contributed by atoms with Crippen LogP contribution < -0.4 is 5.32 Å².